The molecule has 0 saturated heterocycles. The highest BCUT2D eigenvalue weighted by Gasteiger charge is 2.59. The van der Waals surface area contributed by atoms with E-state index in [0.29, 0.717) is 34.5 Å². The van der Waals surface area contributed by atoms with E-state index in [1.165, 1.54) is 38.5 Å². The van der Waals surface area contributed by atoms with E-state index in [-0.39, 0.29) is 10.8 Å². The number of hydrogen-bond acceptors (Lipinski definition) is 2. The summed E-state index contributed by atoms with van der Waals surface area (Å²) >= 11 is 0. The number of carboxylic acid groups (broad SMARTS) is 1. The van der Waals surface area contributed by atoms with Gasteiger partial charge in [0.25, 0.3) is 0 Å². The van der Waals surface area contributed by atoms with E-state index in [9.17, 15) is 9.59 Å². The molecule has 1 N–H and O–H groups in total. The lowest BCUT2D eigenvalue weighted by atomic mass is 9.46. The Kier molecular flexibility index (Phi) is 6.04. The number of aliphatic carboxylic acids is 1. The molecule has 3 heteroatoms. The van der Waals surface area contributed by atoms with Crippen LogP contribution in [0.2, 0.25) is 0 Å². The summed E-state index contributed by atoms with van der Waals surface area (Å²) in [6, 6.07) is 0. The highest BCUT2D eigenvalue weighted by atomic mass is 16.4. The maximum absolute atomic E-state index is 12.7. The number of hydrogen-bond donors (Lipinski definition) is 1. The van der Waals surface area contributed by atoms with Crippen molar-refractivity contribution in [2.75, 3.05) is 0 Å². The molecule has 178 valence electrons. The SMILES string of the molecule is CC(=CCCC(C)C1CCC2C3=C(CCC21C)C1(C)CCC(=O)C(C)(C)C1CC3)C(=O)O. The molecule has 32 heavy (non-hydrogen) atoms. The number of allylic oxidation sites excluding steroid dienone is 3. The molecule has 0 aromatic rings. The van der Waals surface area contributed by atoms with Crippen molar-refractivity contribution in [2.45, 2.75) is 106 Å². The third-order valence-corrected chi connectivity index (χ3v) is 10.9. The predicted molar refractivity (Wildman–Crippen MR) is 129 cm³/mol. The van der Waals surface area contributed by atoms with Crippen molar-refractivity contribution in [2.24, 2.45) is 39.9 Å². The summed E-state index contributed by atoms with van der Waals surface area (Å²) in [5.74, 6) is 2.26. The maximum atomic E-state index is 12.7. The summed E-state index contributed by atoms with van der Waals surface area (Å²) in [6.45, 7) is 13.6. The fourth-order valence-electron chi connectivity index (χ4n) is 8.93. The molecule has 4 rings (SSSR count). The van der Waals surface area contributed by atoms with Gasteiger partial charge < -0.3 is 5.11 Å². The highest BCUT2D eigenvalue weighted by Crippen LogP contribution is 2.67. The summed E-state index contributed by atoms with van der Waals surface area (Å²) in [7, 11) is 0. The van der Waals surface area contributed by atoms with Crippen LogP contribution >= 0.6 is 0 Å². The summed E-state index contributed by atoms with van der Waals surface area (Å²) in [5, 5.41) is 9.12. The Morgan fingerprint density at radius 1 is 1.09 bits per heavy atom. The van der Waals surface area contributed by atoms with Crippen LogP contribution in [0.4, 0.5) is 0 Å². The van der Waals surface area contributed by atoms with Gasteiger partial charge in [-0.25, -0.2) is 4.79 Å². The van der Waals surface area contributed by atoms with Gasteiger partial charge in [-0.05, 0) is 99.2 Å². The first-order chi connectivity index (χ1) is 14.9. The van der Waals surface area contributed by atoms with Crippen LogP contribution in [0.5, 0.6) is 0 Å². The molecule has 6 unspecified atom stereocenters. The fraction of sp³-hybridized carbons (Fsp3) is 0.793. The molecular weight excluding hydrogens is 396 g/mol. The number of carbonyl (C=O) groups excluding carboxylic acids is 1. The van der Waals surface area contributed by atoms with Crippen molar-refractivity contribution in [3.63, 3.8) is 0 Å². The minimum Gasteiger partial charge on any atom is -0.478 e. The first-order valence-corrected chi connectivity index (χ1v) is 13.1. The van der Waals surface area contributed by atoms with Crippen LogP contribution in [0.25, 0.3) is 0 Å². The quantitative estimate of drug-likeness (QED) is 0.359. The van der Waals surface area contributed by atoms with Crippen molar-refractivity contribution < 1.29 is 14.7 Å². The standard InChI is InChI=1S/C29H44O3/c1-18(8-7-9-19(2)26(31)32)21-11-12-22-20-10-13-24-27(3,4)25(30)15-17-29(24,6)23(20)14-16-28(21,22)5/h9,18,21-22,24H,7-8,10-17H2,1-6H3,(H,31,32). The van der Waals surface area contributed by atoms with Crippen LogP contribution in [0, 0.1) is 39.9 Å². The molecule has 4 aliphatic carbocycles. The molecule has 4 aliphatic rings. The Labute approximate surface area is 195 Å². The second-order valence-electron chi connectivity index (χ2n) is 12.6. The Hall–Kier alpha value is -1.38. The van der Waals surface area contributed by atoms with Gasteiger partial charge in [0.2, 0.25) is 0 Å². The van der Waals surface area contributed by atoms with Crippen LogP contribution in [0.3, 0.4) is 0 Å². The lowest BCUT2D eigenvalue weighted by Gasteiger charge is -2.58. The summed E-state index contributed by atoms with van der Waals surface area (Å²) in [5.41, 5.74) is 4.44. The molecule has 0 amide bonds. The largest absolute Gasteiger partial charge is 0.478 e. The molecule has 0 aliphatic heterocycles. The molecule has 2 saturated carbocycles. The van der Waals surface area contributed by atoms with E-state index in [1.807, 2.05) is 6.08 Å². The molecule has 0 aromatic carbocycles. The molecule has 0 radical (unpaired) electrons. The monoisotopic (exact) mass is 440 g/mol. The van der Waals surface area contributed by atoms with Crippen LogP contribution in [0.15, 0.2) is 22.8 Å². The zero-order chi connectivity index (χ0) is 23.5. The van der Waals surface area contributed by atoms with Crippen molar-refractivity contribution >= 4 is 11.8 Å². The van der Waals surface area contributed by atoms with Crippen molar-refractivity contribution in [3.05, 3.63) is 22.8 Å². The van der Waals surface area contributed by atoms with Gasteiger partial charge in [-0.15, -0.1) is 0 Å². The molecule has 0 heterocycles. The average Bonchev–Trinajstić information content (AvgIpc) is 3.08. The van der Waals surface area contributed by atoms with E-state index >= 15 is 0 Å². The van der Waals surface area contributed by atoms with Gasteiger partial charge in [0.15, 0.2) is 0 Å². The zero-order valence-electron chi connectivity index (χ0n) is 21.2. The molecule has 6 atom stereocenters. The predicted octanol–water partition coefficient (Wildman–Crippen LogP) is 7.36. The van der Waals surface area contributed by atoms with Crippen molar-refractivity contribution in [1.29, 1.82) is 0 Å². The topological polar surface area (TPSA) is 54.4 Å². The number of carboxylic acids is 1. The number of rotatable bonds is 5. The third kappa shape index (κ3) is 3.53. The van der Waals surface area contributed by atoms with E-state index < -0.39 is 5.97 Å². The van der Waals surface area contributed by atoms with Gasteiger partial charge in [-0.1, -0.05) is 51.8 Å². The molecular formula is C29H44O3. The van der Waals surface area contributed by atoms with Gasteiger partial charge in [-0.3, -0.25) is 4.79 Å². The smallest absolute Gasteiger partial charge is 0.330 e. The first-order valence-electron chi connectivity index (χ1n) is 13.1. The highest BCUT2D eigenvalue weighted by molar-refractivity contribution is 5.86. The number of fused-ring (bicyclic) bond motifs is 4. The van der Waals surface area contributed by atoms with Crippen LogP contribution < -0.4 is 0 Å². The minimum absolute atomic E-state index is 0.180. The van der Waals surface area contributed by atoms with Gasteiger partial charge in [0.05, 0.1) is 0 Å². The molecule has 3 nitrogen and oxygen atoms in total. The van der Waals surface area contributed by atoms with E-state index in [0.717, 1.165) is 31.6 Å². The first kappa shape index (κ1) is 23.8. The Morgan fingerprint density at radius 3 is 2.50 bits per heavy atom. The second kappa shape index (κ2) is 8.13. The van der Waals surface area contributed by atoms with E-state index in [4.69, 9.17) is 5.11 Å². The van der Waals surface area contributed by atoms with Crippen molar-refractivity contribution in [1.82, 2.24) is 0 Å². The molecule has 2 fully saturated rings. The van der Waals surface area contributed by atoms with Gasteiger partial charge in [0.1, 0.15) is 5.78 Å². The van der Waals surface area contributed by atoms with Gasteiger partial charge in [0, 0.05) is 17.4 Å². The van der Waals surface area contributed by atoms with Crippen molar-refractivity contribution in [3.8, 4) is 0 Å². The Bertz CT molecular complexity index is 862. The van der Waals surface area contributed by atoms with Gasteiger partial charge in [-0.2, -0.15) is 0 Å². The number of ketones is 1. The lowest BCUT2D eigenvalue weighted by molar-refractivity contribution is -0.139. The Morgan fingerprint density at radius 2 is 1.81 bits per heavy atom. The average molecular weight is 441 g/mol. The molecule has 0 spiro atoms. The third-order valence-electron chi connectivity index (χ3n) is 10.9. The zero-order valence-corrected chi connectivity index (χ0v) is 21.2. The van der Waals surface area contributed by atoms with Gasteiger partial charge >= 0.3 is 5.97 Å². The second-order valence-corrected chi connectivity index (χ2v) is 12.6. The summed E-state index contributed by atoms with van der Waals surface area (Å²) < 4.78 is 0. The van der Waals surface area contributed by atoms with E-state index in [1.54, 1.807) is 18.1 Å². The van der Waals surface area contributed by atoms with Crippen LogP contribution in [0.1, 0.15) is 106 Å². The van der Waals surface area contributed by atoms with E-state index in [2.05, 4.69) is 34.6 Å². The fourth-order valence-corrected chi connectivity index (χ4v) is 8.93. The molecule has 0 bridgehead atoms. The number of Topliss-reactive ketones (excluding diaryl/α,β-unsaturated/α-hetero) is 1. The maximum Gasteiger partial charge on any atom is 0.330 e. The van der Waals surface area contributed by atoms with Crippen LogP contribution in [-0.2, 0) is 9.59 Å². The summed E-state index contributed by atoms with van der Waals surface area (Å²) in [6.07, 6.45) is 13.2. The lowest BCUT2D eigenvalue weighted by Crippen LogP contribution is -2.52. The Balaban J connectivity index is 1.55. The number of carbonyl (C=O) groups is 2. The molecule has 0 aromatic heterocycles. The summed E-state index contributed by atoms with van der Waals surface area (Å²) in [4.78, 5) is 23.8. The van der Waals surface area contributed by atoms with Crippen LogP contribution in [-0.4, -0.2) is 16.9 Å². The minimum atomic E-state index is -0.797. The normalized spacial score (nSPS) is 39.9.